The summed E-state index contributed by atoms with van der Waals surface area (Å²) >= 11 is 14.1. The second-order valence-electron chi connectivity index (χ2n) is 18.6. The van der Waals surface area contributed by atoms with Crippen LogP contribution in [0.5, 0.6) is 0 Å². The molecule has 0 fully saturated rings. The molecule has 2 aromatic carbocycles. The van der Waals surface area contributed by atoms with Crippen LogP contribution < -0.4 is 0 Å². The van der Waals surface area contributed by atoms with Crippen LogP contribution in [-0.4, -0.2) is 25.2 Å². The number of hydrogen-bond acceptors (Lipinski definition) is 12. The van der Waals surface area contributed by atoms with Gasteiger partial charge < -0.3 is 9.47 Å². The summed E-state index contributed by atoms with van der Waals surface area (Å²) in [6.45, 7) is 8.87. The van der Waals surface area contributed by atoms with Gasteiger partial charge in [-0.2, -0.15) is 0 Å². The number of benzene rings is 2. The third kappa shape index (κ3) is 12.7. The number of thiophene rings is 8. The van der Waals surface area contributed by atoms with Gasteiger partial charge in [0.25, 0.3) is 0 Å². The summed E-state index contributed by atoms with van der Waals surface area (Å²) in [6.07, 6.45) is 16.7. The molecule has 12 heteroatoms. The summed E-state index contributed by atoms with van der Waals surface area (Å²) in [7, 11) is 0. The molecule has 76 heavy (non-hydrogen) atoms. The van der Waals surface area contributed by atoms with E-state index in [1.807, 2.05) is 71.3 Å². The van der Waals surface area contributed by atoms with E-state index < -0.39 is 0 Å². The van der Waals surface area contributed by atoms with Crippen molar-refractivity contribution in [3.05, 3.63) is 165 Å². The van der Waals surface area contributed by atoms with E-state index in [4.69, 9.17) is 9.47 Å². The molecular weight excluding hydrogens is 1090 g/mol. The van der Waals surface area contributed by atoms with Crippen LogP contribution in [0.15, 0.2) is 132 Å². The Labute approximate surface area is 479 Å². The van der Waals surface area contributed by atoms with Gasteiger partial charge in [0.1, 0.15) is 0 Å². The van der Waals surface area contributed by atoms with Crippen LogP contribution in [0.25, 0.3) is 91.6 Å². The molecule has 0 spiro atoms. The summed E-state index contributed by atoms with van der Waals surface area (Å²) in [4.78, 5) is 43.2. The molecule has 8 aromatic heterocycles. The van der Waals surface area contributed by atoms with Gasteiger partial charge in [-0.05, 0) is 156 Å². The first-order chi connectivity index (χ1) is 37.3. The fraction of sp³-hybridized carbons (Fsp3) is 0.250. The Morgan fingerprint density at radius 3 is 1.09 bits per heavy atom. The molecule has 0 atom stereocenters. The molecular formula is C64H60O4S8. The Kier molecular flexibility index (Phi) is 18.4. The minimum absolute atomic E-state index is 0.293. The molecule has 4 nitrogen and oxygen atoms in total. The van der Waals surface area contributed by atoms with E-state index in [0.29, 0.717) is 24.3 Å². The zero-order chi connectivity index (χ0) is 52.4. The normalized spacial score (nSPS) is 11.6. The van der Waals surface area contributed by atoms with Gasteiger partial charge in [0.15, 0.2) is 0 Å². The van der Waals surface area contributed by atoms with Crippen LogP contribution in [0, 0.1) is 0 Å². The van der Waals surface area contributed by atoms with Gasteiger partial charge >= 0.3 is 11.9 Å². The Morgan fingerprint density at radius 2 is 0.737 bits per heavy atom. The van der Waals surface area contributed by atoms with E-state index in [2.05, 4.69) is 146 Å². The zero-order valence-corrected chi connectivity index (χ0v) is 49.8. The van der Waals surface area contributed by atoms with Crippen molar-refractivity contribution in [1.29, 1.82) is 0 Å². The van der Waals surface area contributed by atoms with E-state index in [1.54, 1.807) is 45.3 Å². The predicted octanol–water partition coefficient (Wildman–Crippen LogP) is 22.3. The molecule has 0 bridgehead atoms. The molecule has 0 aliphatic carbocycles. The smallest absolute Gasteiger partial charge is 0.339 e. The molecule has 0 aliphatic heterocycles. The number of rotatable bonds is 24. The van der Waals surface area contributed by atoms with Gasteiger partial charge in [-0.15, -0.1) is 90.7 Å². The lowest BCUT2D eigenvalue weighted by Gasteiger charge is -2.02. The fourth-order valence-corrected chi connectivity index (χ4v) is 18.2. The van der Waals surface area contributed by atoms with Gasteiger partial charge in [0.05, 0.1) is 34.1 Å². The van der Waals surface area contributed by atoms with Gasteiger partial charge in [-0.25, -0.2) is 9.59 Å². The Balaban J connectivity index is 0.816. The lowest BCUT2D eigenvalue weighted by molar-refractivity contribution is 0.0518. The van der Waals surface area contributed by atoms with E-state index in [-0.39, 0.29) is 11.9 Å². The number of hydrogen-bond donors (Lipinski definition) is 0. The lowest BCUT2D eigenvalue weighted by atomic mass is 10.1. The van der Waals surface area contributed by atoms with E-state index >= 15 is 0 Å². The van der Waals surface area contributed by atoms with E-state index in [0.717, 1.165) is 64.4 Å². The maximum absolute atomic E-state index is 13.4. The van der Waals surface area contributed by atoms with Crippen molar-refractivity contribution >= 4 is 115 Å². The first-order valence-electron chi connectivity index (χ1n) is 26.4. The molecule has 388 valence electrons. The number of unbranched alkanes of at least 4 members (excludes halogenated alkanes) is 6. The standard InChI is InChI=1S/C64H60O4S8/c1-5-9-11-13-15-45-35-37-69-59(45)53-31-27-49(71-53)51-29-33-55(73-51)61-47(63(65)67-7-3)39-57(75-61)43-23-19-41(20-24-43)17-18-42-21-25-44(26-22-42)58-40-48(64(66)68-8-4)62(76-58)56-34-30-52(74-56)50-28-32-54(72-50)60-46(36-38-70-60)16-14-12-10-6-2/h17-40H,5-16H2,1-4H3. The number of ether oxygens (including phenoxy) is 2. The highest BCUT2D eigenvalue weighted by Gasteiger charge is 2.24. The summed E-state index contributed by atoms with van der Waals surface area (Å²) in [5.41, 5.74) is 8.39. The second kappa shape index (κ2) is 25.9. The summed E-state index contributed by atoms with van der Waals surface area (Å²) in [6, 6.07) is 43.3. The fourth-order valence-electron chi connectivity index (χ4n) is 9.21. The third-order valence-electron chi connectivity index (χ3n) is 13.2. The molecule has 10 rings (SSSR count). The highest BCUT2D eigenvalue weighted by molar-refractivity contribution is 7.30. The van der Waals surface area contributed by atoms with Gasteiger partial charge in [-0.1, -0.05) is 113 Å². The molecule has 0 saturated carbocycles. The second-order valence-corrected chi connectivity index (χ2v) is 26.8. The summed E-state index contributed by atoms with van der Waals surface area (Å²) in [5, 5.41) is 4.46. The predicted molar refractivity (Wildman–Crippen MR) is 336 cm³/mol. The van der Waals surface area contributed by atoms with Gasteiger partial charge in [0, 0.05) is 58.5 Å². The molecule has 0 amide bonds. The topological polar surface area (TPSA) is 52.6 Å². The maximum Gasteiger partial charge on any atom is 0.339 e. The summed E-state index contributed by atoms with van der Waals surface area (Å²) in [5.74, 6) is -0.587. The van der Waals surface area contributed by atoms with Gasteiger partial charge in [-0.3, -0.25) is 0 Å². The highest BCUT2D eigenvalue weighted by atomic mass is 32.1. The quantitative estimate of drug-likeness (QED) is 0.0344. The number of esters is 2. The molecule has 0 saturated heterocycles. The molecule has 10 aromatic rings. The molecule has 0 radical (unpaired) electrons. The SMILES string of the molecule is CCCCCCc1ccsc1-c1ccc(-c2ccc(-c3sc(-c4ccc(C=Cc5ccc(-c6cc(C(=O)OCC)c(-c7ccc(-c8ccc(-c9sccc9CCCCCC)s8)s7)s6)cc5)cc4)cc3C(=O)OCC)s2)s1. The monoisotopic (exact) mass is 1150 g/mol. The van der Waals surface area contributed by atoms with Crippen molar-refractivity contribution in [2.75, 3.05) is 13.2 Å². The first-order valence-corrected chi connectivity index (χ1v) is 33.0. The molecule has 0 N–H and O–H groups in total. The summed E-state index contributed by atoms with van der Waals surface area (Å²) < 4.78 is 11.2. The van der Waals surface area contributed by atoms with Crippen LogP contribution in [-0.2, 0) is 22.3 Å². The zero-order valence-electron chi connectivity index (χ0n) is 43.2. The van der Waals surface area contributed by atoms with Crippen LogP contribution in [0.4, 0.5) is 0 Å². The molecule has 0 aliphatic rings. The first kappa shape index (κ1) is 54.1. The molecule has 8 heterocycles. The largest absolute Gasteiger partial charge is 0.462 e. The van der Waals surface area contributed by atoms with Crippen LogP contribution in [0.1, 0.15) is 122 Å². The molecule has 0 unspecified atom stereocenters. The van der Waals surface area contributed by atoms with E-state index in [9.17, 15) is 9.59 Å². The Morgan fingerprint density at radius 1 is 0.382 bits per heavy atom. The average Bonchev–Trinajstić information content (AvgIpc) is 4.28. The van der Waals surface area contributed by atoms with Crippen LogP contribution >= 0.6 is 90.7 Å². The minimum Gasteiger partial charge on any atom is -0.462 e. The Bertz CT molecular complexity index is 3310. The van der Waals surface area contributed by atoms with Crippen molar-refractivity contribution in [2.24, 2.45) is 0 Å². The average molecular weight is 1150 g/mol. The number of carbonyl (C=O) groups is 2. The third-order valence-corrected chi connectivity index (χ3v) is 22.9. The highest BCUT2D eigenvalue weighted by Crippen LogP contribution is 2.48. The number of carbonyl (C=O) groups excluding carboxylic acids is 2. The van der Waals surface area contributed by atoms with Gasteiger partial charge in [0.2, 0.25) is 0 Å². The minimum atomic E-state index is -0.293. The van der Waals surface area contributed by atoms with Crippen molar-refractivity contribution in [3.8, 4) is 79.4 Å². The van der Waals surface area contributed by atoms with Crippen molar-refractivity contribution in [3.63, 3.8) is 0 Å². The Hall–Kier alpha value is -5.28. The maximum atomic E-state index is 13.4. The lowest BCUT2D eigenvalue weighted by Crippen LogP contribution is -2.04. The number of aryl methyl sites for hydroxylation is 2. The van der Waals surface area contributed by atoms with Crippen molar-refractivity contribution in [1.82, 2.24) is 0 Å². The van der Waals surface area contributed by atoms with Crippen LogP contribution in [0.3, 0.4) is 0 Å². The van der Waals surface area contributed by atoms with E-state index in [1.165, 1.54) is 102 Å². The van der Waals surface area contributed by atoms with Crippen molar-refractivity contribution in [2.45, 2.75) is 91.9 Å². The van der Waals surface area contributed by atoms with Crippen LogP contribution in [0.2, 0.25) is 0 Å². The van der Waals surface area contributed by atoms with Crippen molar-refractivity contribution < 1.29 is 19.1 Å².